The van der Waals surface area contributed by atoms with Crippen LogP contribution in [-0.2, 0) is 0 Å². The van der Waals surface area contributed by atoms with Gasteiger partial charge in [0, 0.05) is 0 Å². The van der Waals surface area contributed by atoms with Gasteiger partial charge in [0.05, 0.1) is 0 Å². The van der Waals surface area contributed by atoms with Gasteiger partial charge in [0.2, 0.25) is 0 Å². The number of hydrogen-bond acceptors (Lipinski definition) is 0. The van der Waals surface area contributed by atoms with Crippen molar-refractivity contribution in [3.63, 3.8) is 0 Å². The van der Waals surface area contributed by atoms with Crippen molar-refractivity contribution in [1.29, 1.82) is 0 Å². The Morgan fingerprint density at radius 3 is 1.36 bits per heavy atom. The molecule has 0 aliphatic heterocycles. The first-order chi connectivity index (χ1) is 7.00. The van der Waals surface area contributed by atoms with Crippen molar-refractivity contribution in [2.45, 2.75) is 25.7 Å². The molecule has 0 N–H and O–H groups in total. The molecule has 0 aromatic rings. The van der Waals surface area contributed by atoms with Gasteiger partial charge in [0.15, 0.2) is 0 Å². The first kappa shape index (κ1) is 10.8. The fourth-order valence-electron chi connectivity index (χ4n) is 1.21. The first-order valence-electron chi connectivity index (χ1n) is 5.28. The Bertz CT molecular complexity index is 234. The minimum absolute atomic E-state index is 1.04. The van der Waals surface area contributed by atoms with Crippen LogP contribution in [-0.4, -0.2) is 0 Å². The van der Waals surface area contributed by atoms with Crippen molar-refractivity contribution < 1.29 is 0 Å². The van der Waals surface area contributed by atoms with Crippen LogP contribution in [0.5, 0.6) is 0 Å². The molecule has 0 heteroatoms. The predicted octanol–water partition coefficient (Wildman–Crippen LogP) is 4.34. The Labute approximate surface area is 87.0 Å². The molecule has 0 saturated carbocycles. The molecule has 0 radical (unpaired) electrons. The molecule has 0 aromatic heterocycles. The molecule has 0 atom stereocenters. The lowest BCUT2D eigenvalue weighted by Gasteiger charge is -1.86. The molecule has 0 fully saturated rings. The molecule has 0 bridgehead atoms. The van der Waals surface area contributed by atoms with Crippen LogP contribution >= 0.6 is 0 Å². The van der Waals surface area contributed by atoms with Crippen molar-refractivity contribution in [3.05, 3.63) is 60.8 Å². The summed E-state index contributed by atoms with van der Waals surface area (Å²) in [6, 6.07) is 0. The van der Waals surface area contributed by atoms with Crippen LogP contribution in [0.25, 0.3) is 0 Å². The van der Waals surface area contributed by atoms with Gasteiger partial charge < -0.3 is 0 Å². The third-order valence-corrected chi connectivity index (χ3v) is 1.98. The van der Waals surface area contributed by atoms with Crippen molar-refractivity contribution in [2.24, 2.45) is 0 Å². The number of allylic oxidation sites excluding steroid dienone is 10. The van der Waals surface area contributed by atoms with E-state index < -0.39 is 0 Å². The maximum atomic E-state index is 2.21. The third kappa shape index (κ3) is 6.24. The molecule has 14 heavy (non-hydrogen) atoms. The van der Waals surface area contributed by atoms with Gasteiger partial charge in [-0.25, -0.2) is 0 Å². The molecular formula is C14H18. The van der Waals surface area contributed by atoms with Crippen LogP contribution in [0.2, 0.25) is 0 Å². The van der Waals surface area contributed by atoms with Gasteiger partial charge in [-0.1, -0.05) is 60.8 Å². The molecule has 1 aliphatic carbocycles. The summed E-state index contributed by atoms with van der Waals surface area (Å²) in [7, 11) is 0. The topological polar surface area (TPSA) is 0 Å². The molecular weight excluding hydrogens is 168 g/mol. The van der Waals surface area contributed by atoms with E-state index >= 15 is 0 Å². The van der Waals surface area contributed by atoms with Crippen molar-refractivity contribution in [2.75, 3.05) is 0 Å². The summed E-state index contributed by atoms with van der Waals surface area (Å²) in [5.41, 5.74) is 0. The van der Waals surface area contributed by atoms with Crippen molar-refractivity contribution in [3.8, 4) is 0 Å². The molecule has 1 aliphatic rings. The van der Waals surface area contributed by atoms with Gasteiger partial charge in [0.1, 0.15) is 0 Å². The SMILES string of the molecule is C1=CC/C=C/C/C=C\C=C\CCC=C1. The van der Waals surface area contributed by atoms with E-state index in [9.17, 15) is 0 Å². The quantitative estimate of drug-likeness (QED) is 0.494. The number of hydrogen-bond donors (Lipinski definition) is 0. The summed E-state index contributed by atoms with van der Waals surface area (Å²) in [6.07, 6.45) is 26.0. The van der Waals surface area contributed by atoms with E-state index in [1.807, 2.05) is 0 Å². The van der Waals surface area contributed by atoms with Crippen LogP contribution in [0.4, 0.5) is 0 Å². The van der Waals surface area contributed by atoms with Crippen molar-refractivity contribution >= 4 is 0 Å². The molecule has 0 unspecified atom stereocenters. The van der Waals surface area contributed by atoms with Crippen LogP contribution in [0, 0.1) is 0 Å². The van der Waals surface area contributed by atoms with Gasteiger partial charge in [-0.15, -0.1) is 0 Å². The molecule has 0 nitrogen and oxygen atoms in total. The maximum absolute atomic E-state index is 2.21. The normalized spacial score (nSPS) is 25.1. The molecule has 74 valence electrons. The molecule has 0 spiro atoms. The second-order valence-corrected chi connectivity index (χ2v) is 3.23. The van der Waals surface area contributed by atoms with E-state index in [0.29, 0.717) is 0 Å². The monoisotopic (exact) mass is 186 g/mol. The minimum Gasteiger partial charge on any atom is -0.0844 e. The van der Waals surface area contributed by atoms with E-state index in [1.54, 1.807) is 0 Å². The summed E-state index contributed by atoms with van der Waals surface area (Å²) in [6.45, 7) is 0. The average Bonchev–Trinajstić information content (AvgIpc) is 2.22. The third-order valence-electron chi connectivity index (χ3n) is 1.98. The van der Waals surface area contributed by atoms with E-state index in [1.165, 1.54) is 0 Å². The second-order valence-electron chi connectivity index (χ2n) is 3.23. The van der Waals surface area contributed by atoms with Crippen molar-refractivity contribution in [1.82, 2.24) is 0 Å². The molecule has 0 aromatic carbocycles. The Hall–Kier alpha value is -1.30. The highest BCUT2D eigenvalue weighted by molar-refractivity contribution is 5.09. The zero-order chi connectivity index (χ0) is 9.90. The van der Waals surface area contributed by atoms with E-state index in [0.717, 1.165) is 25.7 Å². The minimum atomic E-state index is 1.04. The highest BCUT2D eigenvalue weighted by Gasteiger charge is 1.76. The smallest absolute Gasteiger partial charge is 0.0166 e. The van der Waals surface area contributed by atoms with Gasteiger partial charge in [-0.3, -0.25) is 0 Å². The second kappa shape index (κ2) is 8.31. The fraction of sp³-hybridized carbons (Fsp3) is 0.286. The van der Waals surface area contributed by atoms with Crippen LogP contribution in [0.3, 0.4) is 0 Å². The van der Waals surface area contributed by atoms with Gasteiger partial charge in [-0.05, 0) is 25.7 Å². The highest BCUT2D eigenvalue weighted by atomic mass is 13.8. The van der Waals surface area contributed by atoms with E-state index in [-0.39, 0.29) is 0 Å². The zero-order valence-electron chi connectivity index (χ0n) is 8.60. The Morgan fingerprint density at radius 1 is 0.429 bits per heavy atom. The lowest BCUT2D eigenvalue weighted by atomic mass is 10.2. The molecule has 0 saturated heterocycles. The Kier molecular flexibility index (Phi) is 6.39. The standard InChI is InChI=1S/C14H18/c1-2-4-6-8-10-12-14-13-11-9-7-5-3-1/h1-4,7,9-10,12-14H,5-6,8,11H2/b3-1-,4-2+,9-7+,12-10?,14-13?. The summed E-state index contributed by atoms with van der Waals surface area (Å²) < 4.78 is 0. The molecule has 0 amide bonds. The fourth-order valence-corrected chi connectivity index (χ4v) is 1.21. The lowest BCUT2D eigenvalue weighted by Crippen LogP contribution is -1.65. The summed E-state index contributed by atoms with van der Waals surface area (Å²) in [4.78, 5) is 0. The summed E-state index contributed by atoms with van der Waals surface area (Å²) >= 11 is 0. The van der Waals surface area contributed by atoms with Gasteiger partial charge in [0.25, 0.3) is 0 Å². The van der Waals surface area contributed by atoms with E-state index in [4.69, 9.17) is 0 Å². The Morgan fingerprint density at radius 2 is 0.857 bits per heavy atom. The van der Waals surface area contributed by atoms with Gasteiger partial charge >= 0.3 is 0 Å². The number of rotatable bonds is 0. The van der Waals surface area contributed by atoms with Crippen LogP contribution < -0.4 is 0 Å². The summed E-state index contributed by atoms with van der Waals surface area (Å²) in [5, 5.41) is 0. The Balaban J connectivity index is 2.45. The molecule has 1 rings (SSSR count). The largest absolute Gasteiger partial charge is 0.0844 e. The zero-order valence-corrected chi connectivity index (χ0v) is 8.60. The highest BCUT2D eigenvalue weighted by Crippen LogP contribution is 1.97. The van der Waals surface area contributed by atoms with E-state index in [2.05, 4.69) is 60.8 Å². The van der Waals surface area contributed by atoms with Crippen LogP contribution in [0.15, 0.2) is 60.8 Å². The summed E-state index contributed by atoms with van der Waals surface area (Å²) in [5.74, 6) is 0. The van der Waals surface area contributed by atoms with Gasteiger partial charge in [-0.2, -0.15) is 0 Å². The van der Waals surface area contributed by atoms with Crippen LogP contribution in [0.1, 0.15) is 25.7 Å². The predicted molar refractivity (Wildman–Crippen MR) is 64.2 cm³/mol. The average molecular weight is 186 g/mol. The first-order valence-corrected chi connectivity index (χ1v) is 5.28. The molecule has 0 heterocycles. The lowest BCUT2D eigenvalue weighted by molar-refractivity contribution is 1.05. The maximum Gasteiger partial charge on any atom is -0.0166 e.